The van der Waals surface area contributed by atoms with Gasteiger partial charge in [0, 0.05) is 19.1 Å². The highest BCUT2D eigenvalue weighted by atomic mass is 32.2. The highest BCUT2D eigenvalue weighted by Crippen LogP contribution is 2.29. The number of benzene rings is 2. The van der Waals surface area contributed by atoms with Gasteiger partial charge in [0.15, 0.2) is 0 Å². The quantitative estimate of drug-likeness (QED) is 0.630. The Morgan fingerprint density at radius 3 is 2.41 bits per heavy atom. The predicted octanol–water partition coefficient (Wildman–Crippen LogP) is 4.34. The van der Waals surface area contributed by atoms with Crippen molar-refractivity contribution < 1.29 is 8.42 Å². The molecule has 2 aromatic carbocycles. The number of anilines is 2. The molecule has 3 rings (SSSR count). The number of nitrogens with one attached hydrogen (secondary N) is 3. The van der Waals surface area contributed by atoms with E-state index in [0.29, 0.717) is 19.1 Å². The maximum atomic E-state index is 12.4. The fraction of sp³-hybridized carbons (Fsp3) is 0.429. The SMILES string of the molecule is CCNS(=O)(=O)c1ccc(NC2CCCCC2)c(NCc2ccccc2)c1. The Morgan fingerprint density at radius 2 is 1.70 bits per heavy atom. The van der Waals surface area contributed by atoms with Crippen LogP contribution in [0.25, 0.3) is 0 Å². The lowest BCUT2D eigenvalue weighted by atomic mass is 9.95. The molecule has 0 radical (unpaired) electrons. The van der Waals surface area contributed by atoms with Crippen molar-refractivity contribution in [3.05, 3.63) is 54.1 Å². The normalized spacial score (nSPS) is 15.4. The first-order chi connectivity index (χ1) is 13.1. The molecule has 1 fully saturated rings. The third-order valence-corrected chi connectivity index (χ3v) is 6.47. The second-order valence-electron chi connectivity index (χ2n) is 7.03. The second-order valence-corrected chi connectivity index (χ2v) is 8.79. The van der Waals surface area contributed by atoms with Gasteiger partial charge in [0.25, 0.3) is 0 Å². The van der Waals surface area contributed by atoms with E-state index in [2.05, 4.69) is 27.5 Å². The topological polar surface area (TPSA) is 70.2 Å². The van der Waals surface area contributed by atoms with Gasteiger partial charge in [-0.2, -0.15) is 0 Å². The van der Waals surface area contributed by atoms with Crippen molar-refractivity contribution in [1.82, 2.24) is 4.72 Å². The van der Waals surface area contributed by atoms with Gasteiger partial charge in [-0.05, 0) is 36.6 Å². The molecule has 27 heavy (non-hydrogen) atoms. The number of rotatable bonds is 8. The Hall–Kier alpha value is -2.05. The van der Waals surface area contributed by atoms with Gasteiger partial charge in [-0.3, -0.25) is 0 Å². The number of hydrogen-bond acceptors (Lipinski definition) is 4. The van der Waals surface area contributed by atoms with Crippen molar-refractivity contribution in [1.29, 1.82) is 0 Å². The minimum absolute atomic E-state index is 0.286. The molecule has 0 amide bonds. The summed E-state index contributed by atoms with van der Waals surface area (Å²) in [5.41, 5.74) is 2.94. The lowest BCUT2D eigenvalue weighted by Crippen LogP contribution is -2.24. The highest BCUT2D eigenvalue weighted by Gasteiger charge is 2.18. The third-order valence-electron chi connectivity index (χ3n) is 4.93. The highest BCUT2D eigenvalue weighted by molar-refractivity contribution is 7.89. The van der Waals surface area contributed by atoms with Crippen LogP contribution in [0.5, 0.6) is 0 Å². The molecule has 1 saturated carbocycles. The summed E-state index contributed by atoms with van der Waals surface area (Å²) < 4.78 is 27.4. The van der Waals surface area contributed by atoms with E-state index in [-0.39, 0.29) is 4.90 Å². The maximum absolute atomic E-state index is 12.4. The first kappa shape index (κ1) is 19.7. The zero-order valence-electron chi connectivity index (χ0n) is 15.9. The molecular weight excluding hydrogens is 358 g/mol. The Balaban J connectivity index is 1.84. The van der Waals surface area contributed by atoms with Crippen LogP contribution in [0.3, 0.4) is 0 Å². The minimum atomic E-state index is -3.48. The molecule has 0 bridgehead atoms. The van der Waals surface area contributed by atoms with Crippen LogP contribution in [0.2, 0.25) is 0 Å². The summed E-state index contributed by atoms with van der Waals surface area (Å²) in [6, 6.07) is 15.8. The van der Waals surface area contributed by atoms with E-state index < -0.39 is 10.0 Å². The second kappa shape index (κ2) is 9.24. The molecule has 0 unspecified atom stereocenters. The first-order valence-corrected chi connectivity index (χ1v) is 11.2. The summed E-state index contributed by atoms with van der Waals surface area (Å²) in [7, 11) is -3.48. The summed E-state index contributed by atoms with van der Waals surface area (Å²) in [6.45, 7) is 2.80. The van der Waals surface area contributed by atoms with Gasteiger partial charge < -0.3 is 10.6 Å². The number of sulfonamides is 1. The summed E-state index contributed by atoms with van der Waals surface area (Å²) in [5.74, 6) is 0. The van der Waals surface area contributed by atoms with Crippen molar-refractivity contribution in [2.24, 2.45) is 0 Å². The lowest BCUT2D eigenvalue weighted by Gasteiger charge is -2.25. The van der Waals surface area contributed by atoms with Crippen LogP contribution in [0, 0.1) is 0 Å². The zero-order chi connectivity index (χ0) is 19.1. The fourth-order valence-corrected chi connectivity index (χ4v) is 4.56. The average Bonchev–Trinajstić information content (AvgIpc) is 2.68. The van der Waals surface area contributed by atoms with Crippen molar-refractivity contribution >= 4 is 21.4 Å². The molecule has 5 nitrogen and oxygen atoms in total. The smallest absolute Gasteiger partial charge is 0.240 e. The Kier molecular flexibility index (Phi) is 6.74. The predicted molar refractivity (Wildman–Crippen MR) is 112 cm³/mol. The summed E-state index contributed by atoms with van der Waals surface area (Å²) in [5, 5.41) is 7.04. The van der Waals surface area contributed by atoms with Crippen LogP contribution in [0.15, 0.2) is 53.4 Å². The molecule has 146 valence electrons. The van der Waals surface area contributed by atoms with E-state index in [1.165, 1.54) is 19.3 Å². The van der Waals surface area contributed by atoms with Gasteiger partial charge in [-0.15, -0.1) is 0 Å². The van der Waals surface area contributed by atoms with Crippen molar-refractivity contribution in [3.63, 3.8) is 0 Å². The van der Waals surface area contributed by atoms with Crippen LogP contribution in [0.4, 0.5) is 11.4 Å². The Morgan fingerprint density at radius 1 is 0.963 bits per heavy atom. The molecule has 2 aromatic rings. The third kappa shape index (κ3) is 5.47. The Bertz CT molecular complexity index is 832. The van der Waals surface area contributed by atoms with E-state index in [0.717, 1.165) is 29.8 Å². The number of hydrogen-bond donors (Lipinski definition) is 3. The maximum Gasteiger partial charge on any atom is 0.240 e. The van der Waals surface area contributed by atoms with Crippen LogP contribution < -0.4 is 15.4 Å². The zero-order valence-corrected chi connectivity index (χ0v) is 16.7. The lowest BCUT2D eigenvalue weighted by molar-refractivity contribution is 0.463. The van der Waals surface area contributed by atoms with Gasteiger partial charge in [-0.1, -0.05) is 56.5 Å². The summed E-state index contributed by atoms with van der Waals surface area (Å²) in [6.07, 6.45) is 6.12. The van der Waals surface area contributed by atoms with Gasteiger partial charge >= 0.3 is 0 Å². The molecule has 0 atom stereocenters. The van der Waals surface area contributed by atoms with Crippen molar-refractivity contribution in [2.75, 3.05) is 17.2 Å². The van der Waals surface area contributed by atoms with E-state index in [4.69, 9.17) is 0 Å². The molecule has 0 heterocycles. The van der Waals surface area contributed by atoms with Gasteiger partial charge in [0.05, 0.1) is 16.3 Å². The van der Waals surface area contributed by atoms with E-state index in [9.17, 15) is 8.42 Å². The largest absolute Gasteiger partial charge is 0.381 e. The average molecular weight is 388 g/mol. The minimum Gasteiger partial charge on any atom is -0.381 e. The van der Waals surface area contributed by atoms with Crippen LogP contribution in [-0.4, -0.2) is 21.0 Å². The van der Waals surface area contributed by atoms with Crippen LogP contribution >= 0.6 is 0 Å². The molecule has 6 heteroatoms. The van der Waals surface area contributed by atoms with Crippen LogP contribution in [-0.2, 0) is 16.6 Å². The molecule has 1 aliphatic rings. The summed E-state index contributed by atoms with van der Waals surface area (Å²) >= 11 is 0. The van der Waals surface area contributed by atoms with Gasteiger partial charge in [0.2, 0.25) is 10.0 Å². The van der Waals surface area contributed by atoms with Gasteiger partial charge in [-0.25, -0.2) is 13.1 Å². The van der Waals surface area contributed by atoms with E-state index >= 15 is 0 Å². The molecule has 3 N–H and O–H groups in total. The van der Waals surface area contributed by atoms with Crippen molar-refractivity contribution in [2.45, 2.75) is 56.5 Å². The van der Waals surface area contributed by atoms with E-state index in [1.54, 1.807) is 19.1 Å². The molecule has 0 spiro atoms. The molecule has 0 aliphatic heterocycles. The first-order valence-electron chi connectivity index (χ1n) is 9.76. The standard InChI is InChI=1S/C21H29N3O2S/c1-2-23-27(25,26)19-13-14-20(24-18-11-7-4-8-12-18)21(15-19)22-16-17-9-5-3-6-10-17/h3,5-6,9-10,13-15,18,22-24H,2,4,7-8,11-12,16H2,1H3. The molecule has 1 aliphatic carbocycles. The van der Waals surface area contributed by atoms with Crippen molar-refractivity contribution in [3.8, 4) is 0 Å². The summed E-state index contributed by atoms with van der Waals surface area (Å²) in [4.78, 5) is 0.286. The van der Waals surface area contributed by atoms with Crippen LogP contribution in [0.1, 0.15) is 44.6 Å². The molecule has 0 saturated heterocycles. The fourth-order valence-electron chi connectivity index (χ4n) is 3.50. The van der Waals surface area contributed by atoms with Gasteiger partial charge in [0.1, 0.15) is 0 Å². The monoisotopic (exact) mass is 387 g/mol. The Labute approximate surface area is 162 Å². The van der Waals surface area contributed by atoms with E-state index in [1.807, 2.05) is 24.3 Å². The molecule has 0 aromatic heterocycles. The molecular formula is C21H29N3O2S.